The fraction of sp³-hybridized carbons (Fsp3) is 0.263. The lowest BCUT2D eigenvalue weighted by atomic mass is 9.98. The van der Waals surface area contributed by atoms with Crippen molar-refractivity contribution in [3.8, 4) is 16.5 Å². The molecular formula is C19H20N4O2S. The van der Waals surface area contributed by atoms with E-state index in [1.54, 1.807) is 6.20 Å². The maximum absolute atomic E-state index is 12.2. The third-order valence-corrected chi connectivity index (χ3v) is 4.84. The van der Waals surface area contributed by atoms with Crippen molar-refractivity contribution in [2.75, 3.05) is 11.9 Å². The molecule has 134 valence electrons. The molecule has 6 nitrogen and oxygen atoms in total. The van der Waals surface area contributed by atoms with Crippen molar-refractivity contribution in [1.82, 2.24) is 15.2 Å². The monoisotopic (exact) mass is 368 g/mol. The number of aromatic nitrogens is 3. The highest BCUT2D eigenvalue weighted by molar-refractivity contribution is 7.18. The van der Waals surface area contributed by atoms with Gasteiger partial charge < -0.3 is 4.74 Å². The molecule has 3 aromatic rings. The molecule has 0 spiro atoms. The predicted octanol–water partition coefficient (Wildman–Crippen LogP) is 4.13. The molecule has 1 N–H and O–H groups in total. The van der Waals surface area contributed by atoms with Crippen molar-refractivity contribution in [3.63, 3.8) is 0 Å². The van der Waals surface area contributed by atoms with Crippen LogP contribution in [-0.2, 0) is 4.79 Å². The summed E-state index contributed by atoms with van der Waals surface area (Å²) in [6, 6.07) is 13.4. The van der Waals surface area contributed by atoms with Gasteiger partial charge in [-0.1, -0.05) is 49.4 Å². The number of ether oxygens (including phenoxy) is 1. The minimum Gasteiger partial charge on any atom is -0.483 e. The molecule has 1 unspecified atom stereocenters. The predicted molar refractivity (Wildman–Crippen MR) is 102 cm³/mol. The Morgan fingerprint density at radius 3 is 2.77 bits per heavy atom. The molecule has 1 atom stereocenters. The van der Waals surface area contributed by atoms with Crippen molar-refractivity contribution in [3.05, 3.63) is 54.2 Å². The number of pyridine rings is 1. The van der Waals surface area contributed by atoms with Gasteiger partial charge in [-0.05, 0) is 36.1 Å². The Balaban J connectivity index is 1.60. The Labute approximate surface area is 156 Å². The highest BCUT2D eigenvalue weighted by atomic mass is 32.1. The maximum atomic E-state index is 12.2. The molecule has 1 amide bonds. The summed E-state index contributed by atoms with van der Waals surface area (Å²) >= 11 is 1.28. The molecule has 3 rings (SSSR count). The van der Waals surface area contributed by atoms with Crippen LogP contribution < -0.4 is 10.1 Å². The fourth-order valence-electron chi connectivity index (χ4n) is 2.40. The zero-order valence-electron chi connectivity index (χ0n) is 14.7. The molecule has 26 heavy (non-hydrogen) atoms. The van der Waals surface area contributed by atoms with Crippen molar-refractivity contribution < 1.29 is 9.53 Å². The van der Waals surface area contributed by atoms with Gasteiger partial charge >= 0.3 is 0 Å². The first-order chi connectivity index (χ1) is 12.7. The minimum atomic E-state index is -0.271. The van der Waals surface area contributed by atoms with E-state index in [1.165, 1.54) is 11.3 Å². The molecule has 0 saturated carbocycles. The summed E-state index contributed by atoms with van der Waals surface area (Å²) in [4.78, 5) is 16.4. The quantitative estimate of drug-likeness (QED) is 0.678. The number of nitrogens with one attached hydrogen (secondary N) is 1. The molecule has 0 saturated heterocycles. The molecule has 1 aromatic carbocycles. The summed E-state index contributed by atoms with van der Waals surface area (Å²) in [5, 5.41) is 11.8. The highest BCUT2D eigenvalue weighted by Gasteiger charge is 2.13. The van der Waals surface area contributed by atoms with Gasteiger partial charge in [0.1, 0.15) is 11.4 Å². The number of amides is 1. The van der Waals surface area contributed by atoms with Gasteiger partial charge in [-0.3, -0.25) is 15.1 Å². The van der Waals surface area contributed by atoms with E-state index < -0.39 is 0 Å². The SMILES string of the molecule is CCC(C)c1ccccc1OCC(=O)Nc1nnc(-c2ccccn2)s1. The first-order valence-corrected chi connectivity index (χ1v) is 9.25. The van der Waals surface area contributed by atoms with E-state index in [9.17, 15) is 4.79 Å². The van der Waals surface area contributed by atoms with Crippen LogP contribution in [0.3, 0.4) is 0 Å². The second kappa shape index (κ2) is 8.53. The molecule has 0 aliphatic carbocycles. The third kappa shape index (κ3) is 4.43. The number of anilines is 1. The lowest BCUT2D eigenvalue weighted by Gasteiger charge is -2.15. The molecular weight excluding hydrogens is 348 g/mol. The number of para-hydroxylation sites is 1. The summed E-state index contributed by atoms with van der Waals surface area (Å²) in [6.07, 6.45) is 2.70. The van der Waals surface area contributed by atoms with Gasteiger partial charge in [0.05, 0.1) is 0 Å². The molecule has 2 heterocycles. The molecule has 0 radical (unpaired) electrons. The van der Waals surface area contributed by atoms with Crippen LogP contribution >= 0.6 is 11.3 Å². The average molecular weight is 368 g/mol. The Hall–Kier alpha value is -2.80. The highest BCUT2D eigenvalue weighted by Crippen LogP contribution is 2.28. The number of rotatable bonds is 7. The molecule has 0 aliphatic rings. The van der Waals surface area contributed by atoms with Crippen LogP contribution in [-0.4, -0.2) is 27.7 Å². The van der Waals surface area contributed by atoms with Gasteiger partial charge in [0.15, 0.2) is 11.6 Å². The van der Waals surface area contributed by atoms with Crippen LogP contribution in [0.1, 0.15) is 31.7 Å². The van der Waals surface area contributed by atoms with E-state index in [-0.39, 0.29) is 12.5 Å². The third-order valence-electron chi connectivity index (χ3n) is 3.98. The lowest BCUT2D eigenvalue weighted by Crippen LogP contribution is -2.20. The minimum absolute atomic E-state index is 0.0774. The van der Waals surface area contributed by atoms with Gasteiger partial charge in [-0.15, -0.1) is 10.2 Å². The summed E-state index contributed by atoms with van der Waals surface area (Å²) in [6.45, 7) is 4.19. The average Bonchev–Trinajstić information content (AvgIpc) is 3.15. The van der Waals surface area contributed by atoms with E-state index in [0.717, 1.165) is 23.4 Å². The standard InChI is InChI=1S/C19H20N4O2S/c1-3-13(2)14-8-4-5-10-16(14)25-12-17(24)21-19-23-22-18(26-19)15-9-6-7-11-20-15/h4-11,13H,3,12H2,1-2H3,(H,21,23,24). The second-order valence-corrected chi connectivity index (χ2v) is 6.79. The topological polar surface area (TPSA) is 77.0 Å². The lowest BCUT2D eigenvalue weighted by molar-refractivity contribution is -0.118. The van der Waals surface area contributed by atoms with Crippen LogP contribution in [0.25, 0.3) is 10.7 Å². The van der Waals surface area contributed by atoms with Crippen molar-refractivity contribution in [1.29, 1.82) is 0 Å². The van der Waals surface area contributed by atoms with Crippen molar-refractivity contribution >= 4 is 22.4 Å². The molecule has 0 aliphatic heterocycles. The van der Waals surface area contributed by atoms with Crippen LogP contribution in [0.15, 0.2) is 48.7 Å². The second-order valence-electron chi connectivity index (χ2n) is 5.81. The first-order valence-electron chi connectivity index (χ1n) is 8.44. The van der Waals surface area contributed by atoms with Crippen molar-refractivity contribution in [2.45, 2.75) is 26.2 Å². The Bertz CT molecular complexity index is 867. The van der Waals surface area contributed by atoms with E-state index >= 15 is 0 Å². The van der Waals surface area contributed by atoms with Crippen LogP contribution in [0, 0.1) is 0 Å². The number of hydrogen-bond acceptors (Lipinski definition) is 6. The summed E-state index contributed by atoms with van der Waals surface area (Å²) in [5.74, 6) is 0.842. The summed E-state index contributed by atoms with van der Waals surface area (Å²) in [5.41, 5.74) is 1.83. The molecule has 7 heteroatoms. The van der Waals surface area contributed by atoms with Gasteiger partial charge in [-0.25, -0.2) is 0 Å². The molecule has 2 aromatic heterocycles. The van der Waals surface area contributed by atoms with Crippen molar-refractivity contribution in [2.24, 2.45) is 0 Å². The zero-order valence-corrected chi connectivity index (χ0v) is 15.5. The Kier molecular flexibility index (Phi) is 5.91. The van der Waals surface area contributed by atoms with E-state index in [1.807, 2.05) is 42.5 Å². The van der Waals surface area contributed by atoms with Crippen LogP contribution in [0.4, 0.5) is 5.13 Å². The largest absolute Gasteiger partial charge is 0.483 e. The summed E-state index contributed by atoms with van der Waals surface area (Å²) in [7, 11) is 0. The zero-order chi connectivity index (χ0) is 18.4. The van der Waals surface area contributed by atoms with Crippen LogP contribution in [0.2, 0.25) is 0 Å². The molecule has 0 fully saturated rings. The van der Waals surface area contributed by atoms with E-state index in [2.05, 4.69) is 34.3 Å². The number of carbonyl (C=O) groups excluding carboxylic acids is 1. The number of hydrogen-bond donors (Lipinski definition) is 1. The number of nitrogens with zero attached hydrogens (tertiary/aromatic N) is 3. The Morgan fingerprint density at radius 1 is 1.19 bits per heavy atom. The summed E-state index contributed by atoms with van der Waals surface area (Å²) < 4.78 is 5.72. The molecule has 0 bridgehead atoms. The normalized spacial score (nSPS) is 11.8. The van der Waals surface area contributed by atoms with Gasteiger partial charge in [0, 0.05) is 6.20 Å². The fourth-order valence-corrected chi connectivity index (χ4v) is 3.14. The smallest absolute Gasteiger partial charge is 0.264 e. The first kappa shape index (κ1) is 18.0. The van der Waals surface area contributed by atoms with Crippen LogP contribution in [0.5, 0.6) is 5.75 Å². The van der Waals surface area contributed by atoms with E-state index in [0.29, 0.717) is 16.1 Å². The van der Waals surface area contributed by atoms with E-state index in [4.69, 9.17) is 4.74 Å². The van der Waals surface area contributed by atoms with Gasteiger partial charge in [0.25, 0.3) is 5.91 Å². The Morgan fingerprint density at radius 2 is 2.00 bits per heavy atom. The number of benzene rings is 1. The number of carbonyl (C=O) groups is 1. The van der Waals surface area contributed by atoms with Gasteiger partial charge in [-0.2, -0.15) is 0 Å². The maximum Gasteiger partial charge on any atom is 0.264 e. The van der Waals surface area contributed by atoms with Gasteiger partial charge in [0.2, 0.25) is 5.13 Å².